The molecule has 6 heteroatoms. The first-order chi connectivity index (χ1) is 4.74. The van der Waals surface area contributed by atoms with Crippen molar-refractivity contribution in [3.8, 4) is 0 Å². The van der Waals surface area contributed by atoms with E-state index in [0.717, 1.165) is 0 Å². The average Bonchev–Trinajstić information content (AvgIpc) is 2.34. The van der Waals surface area contributed by atoms with Crippen molar-refractivity contribution in [2.45, 2.75) is 0 Å². The van der Waals surface area contributed by atoms with Gasteiger partial charge in [0.25, 0.3) is 0 Å². The smallest absolute Gasteiger partial charge is 0.397 e. The van der Waals surface area contributed by atoms with E-state index in [1.165, 1.54) is 7.11 Å². The second kappa shape index (κ2) is 2.78. The van der Waals surface area contributed by atoms with Crippen LogP contribution in [0.15, 0.2) is 9.26 Å². The first-order valence-corrected chi connectivity index (χ1v) is 3.11. The molecule has 0 spiro atoms. The molecule has 0 aliphatic rings. The van der Waals surface area contributed by atoms with Crippen molar-refractivity contribution < 1.29 is 14.1 Å². The van der Waals surface area contributed by atoms with Crippen LogP contribution in [0.5, 0.6) is 0 Å². The Morgan fingerprint density at radius 1 is 1.80 bits per heavy atom. The number of hydrogen-bond donors (Lipinski definition) is 0. The van der Waals surface area contributed by atoms with E-state index in [1.54, 1.807) is 0 Å². The van der Waals surface area contributed by atoms with Crippen LogP contribution in [0, 0.1) is 0 Å². The Kier molecular flexibility index (Phi) is 2.00. The van der Waals surface area contributed by atoms with Crippen LogP contribution < -0.4 is 0 Å². The van der Waals surface area contributed by atoms with Gasteiger partial charge in [0.1, 0.15) is 0 Å². The molecule has 5 nitrogen and oxygen atoms in total. The maximum atomic E-state index is 10.6. The molecule has 1 aromatic heterocycles. The van der Waals surface area contributed by atoms with E-state index >= 15 is 0 Å². The summed E-state index contributed by atoms with van der Waals surface area (Å²) in [5, 5.41) is 3.32. The number of nitrogens with zero attached hydrogens (tertiary/aromatic N) is 2. The summed E-state index contributed by atoms with van der Waals surface area (Å²) in [5.74, 6) is -0.799. The molecule has 1 heterocycles. The standard InChI is InChI=1S/C4H3BrN2O3/c1-9-3(8)2-6-4(5)7-10-2/h1H3. The third-order valence-corrected chi connectivity index (χ3v) is 1.08. The largest absolute Gasteiger partial charge is 0.462 e. The summed E-state index contributed by atoms with van der Waals surface area (Å²) in [6, 6.07) is 0. The molecular weight excluding hydrogens is 204 g/mol. The lowest BCUT2D eigenvalue weighted by molar-refractivity contribution is 0.0545. The molecule has 0 bridgehead atoms. The molecule has 54 valence electrons. The Bertz CT molecular complexity index is 246. The van der Waals surface area contributed by atoms with Crippen LogP contribution in [0.4, 0.5) is 0 Å². The van der Waals surface area contributed by atoms with Crippen LogP contribution >= 0.6 is 15.9 Å². The van der Waals surface area contributed by atoms with E-state index in [9.17, 15) is 4.79 Å². The lowest BCUT2D eigenvalue weighted by atomic mass is 10.7. The number of halogens is 1. The summed E-state index contributed by atoms with van der Waals surface area (Å²) >= 11 is 2.91. The lowest BCUT2D eigenvalue weighted by Gasteiger charge is -1.86. The Morgan fingerprint density at radius 2 is 2.50 bits per heavy atom. The SMILES string of the molecule is COC(=O)c1nc(Br)no1. The van der Waals surface area contributed by atoms with E-state index in [4.69, 9.17) is 0 Å². The van der Waals surface area contributed by atoms with Crippen molar-refractivity contribution in [2.75, 3.05) is 7.11 Å². The zero-order chi connectivity index (χ0) is 7.56. The van der Waals surface area contributed by atoms with Gasteiger partial charge in [0, 0.05) is 0 Å². The van der Waals surface area contributed by atoms with Gasteiger partial charge in [0.05, 0.1) is 7.11 Å². The normalized spacial score (nSPS) is 9.40. The summed E-state index contributed by atoms with van der Waals surface area (Å²) in [6.45, 7) is 0. The molecule has 0 aliphatic carbocycles. The van der Waals surface area contributed by atoms with Crippen molar-refractivity contribution in [3.63, 3.8) is 0 Å². The van der Waals surface area contributed by atoms with Gasteiger partial charge in [-0.2, -0.15) is 4.98 Å². The van der Waals surface area contributed by atoms with Gasteiger partial charge >= 0.3 is 11.9 Å². The third-order valence-electron chi connectivity index (χ3n) is 0.761. The molecule has 0 fully saturated rings. The average molecular weight is 207 g/mol. The topological polar surface area (TPSA) is 65.2 Å². The zero-order valence-corrected chi connectivity index (χ0v) is 6.58. The summed E-state index contributed by atoms with van der Waals surface area (Å²) in [6.07, 6.45) is 0. The second-order valence-electron chi connectivity index (χ2n) is 1.36. The molecule has 0 aliphatic heterocycles. The minimum atomic E-state index is -0.641. The van der Waals surface area contributed by atoms with Crippen LogP contribution in [0.2, 0.25) is 0 Å². The molecule has 1 aromatic rings. The van der Waals surface area contributed by atoms with E-state index in [0.29, 0.717) is 0 Å². The molecule has 0 amide bonds. The molecule has 10 heavy (non-hydrogen) atoms. The molecule has 0 atom stereocenters. The van der Waals surface area contributed by atoms with Crippen molar-refractivity contribution in [1.82, 2.24) is 10.1 Å². The van der Waals surface area contributed by atoms with E-state index in [2.05, 4.69) is 35.3 Å². The number of methoxy groups -OCH3 is 1. The summed E-state index contributed by atoms with van der Waals surface area (Å²) in [4.78, 5) is 14.1. The zero-order valence-electron chi connectivity index (χ0n) is 5.00. The Hall–Kier alpha value is -0.910. The van der Waals surface area contributed by atoms with Gasteiger partial charge in [-0.25, -0.2) is 4.79 Å². The first kappa shape index (κ1) is 7.20. The fourth-order valence-electron chi connectivity index (χ4n) is 0.376. The number of carbonyl (C=O) groups excluding carboxylic acids is 1. The Balaban J connectivity index is 2.85. The van der Waals surface area contributed by atoms with Crippen LogP contribution in [0.1, 0.15) is 10.7 Å². The van der Waals surface area contributed by atoms with Crippen molar-refractivity contribution >= 4 is 21.9 Å². The first-order valence-electron chi connectivity index (χ1n) is 2.31. The van der Waals surface area contributed by atoms with Crippen molar-refractivity contribution in [3.05, 3.63) is 10.6 Å². The van der Waals surface area contributed by atoms with Gasteiger partial charge in [-0.05, 0) is 21.1 Å². The predicted molar refractivity (Wildman–Crippen MR) is 33.3 cm³/mol. The lowest BCUT2D eigenvalue weighted by Crippen LogP contribution is -2.00. The van der Waals surface area contributed by atoms with Crippen molar-refractivity contribution in [2.24, 2.45) is 0 Å². The molecule has 0 aromatic carbocycles. The van der Waals surface area contributed by atoms with Gasteiger partial charge in [-0.3, -0.25) is 0 Å². The van der Waals surface area contributed by atoms with Gasteiger partial charge in [0.15, 0.2) is 0 Å². The number of rotatable bonds is 1. The van der Waals surface area contributed by atoms with Gasteiger partial charge in [-0.1, -0.05) is 0 Å². The fourth-order valence-corrected chi connectivity index (χ4v) is 0.609. The minimum absolute atomic E-state index is 0.158. The summed E-state index contributed by atoms with van der Waals surface area (Å²) in [5.41, 5.74) is 0. The predicted octanol–water partition coefficient (Wildman–Crippen LogP) is 0.619. The highest BCUT2D eigenvalue weighted by Crippen LogP contribution is 2.03. The molecule has 0 unspecified atom stereocenters. The summed E-state index contributed by atoms with van der Waals surface area (Å²) < 4.78 is 8.96. The number of carbonyl (C=O) groups is 1. The maximum Gasteiger partial charge on any atom is 0.397 e. The number of esters is 1. The van der Waals surface area contributed by atoms with E-state index < -0.39 is 5.97 Å². The third kappa shape index (κ3) is 1.32. The highest BCUT2D eigenvalue weighted by molar-refractivity contribution is 9.10. The number of ether oxygens (including phenoxy) is 1. The van der Waals surface area contributed by atoms with Crippen LogP contribution in [0.25, 0.3) is 0 Å². The van der Waals surface area contributed by atoms with Crippen LogP contribution in [-0.2, 0) is 4.74 Å². The number of aromatic nitrogens is 2. The quantitative estimate of drug-likeness (QED) is 0.631. The highest BCUT2D eigenvalue weighted by atomic mass is 79.9. The summed E-state index contributed by atoms with van der Waals surface area (Å²) in [7, 11) is 1.24. The van der Waals surface area contributed by atoms with E-state index in [-0.39, 0.29) is 10.6 Å². The number of hydrogen-bond acceptors (Lipinski definition) is 5. The Morgan fingerprint density at radius 3 is 2.90 bits per heavy atom. The molecule has 0 saturated heterocycles. The van der Waals surface area contributed by atoms with Crippen molar-refractivity contribution in [1.29, 1.82) is 0 Å². The molecule has 1 rings (SSSR count). The van der Waals surface area contributed by atoms with Crippen LogP contribution in [0.3, 0.4) is 0 Å². The molecule has 0 radical (unpaired) electrons. The maximum absolute atomic E-state index is 10.6. The van der Waals surface area contributed by atoms with E-state index in [1.807, 2.05) is 0 Å². The Labute approximate surface area is 64.5 Å². The van der Waals surface area contributed by atoms with Gasteiger partial charge < -0.3 is 9.26 Å². The monoisotopic (exact) mass is 206 g/mol. The fraction of sp³-hybridized carbons (Fsp3) is 0.250. The molecule has 0 N–H and O–H groups in total. The second-order valence-corrected chi connectivity index (χ2v) is 2.07. The highest BCUT2D eigenvalue weighted by Gasteiger charge is 2.13. The molecular formula is C4H3BrN2O3. The molecule has 0 saturated carbocycles. The van der Waals surface area contributed by atoms with Gasteiger partial charge in [0.2, 0.25) is 4.73 Å². The van der Waals surface area contributed by atoms with Gasteiger partial charge in [-0.15, -0.1) is 0 Å². The van der Waals surface area contributed by atoms with Crippen LogP contribution in [-0.4, -0.2) is 23.2 Å². The minimum Gasteiger partial charge on any atom is -0.462 e.